The smallest absolute Gasteiger partial charge is 0.223 e. The third-order valence-corrected chi connectivity index (χ3v) is 3.00. The van der Waals surface area contributed by atoms with Crippen LogP contribution in [0.1, 0.15) is 18.2 Å². The molecule has 0 unspecified atom stereocenters. The van der Waals surface area contributed by atoms with E-state index < -0.39 is 0 Å². The zero-order chi connectivity index (χ0) is 11.1. The second-order valence-electron chi connectivity index (χ2n) is 4.03. The van der Waals surface area contributed by atoms with Crippen LogP contribution in [0.2, 0.25) is 0 Å². The first-order valence-corrected chi connectivity index (χ1v) is 5.31. The van der Waals surface area contributed by atoms with E-state index in [1.165, 1.54) is 10.9 Å². The van der Waals surface area contributed by atoms with Crippen LogP contribution < -0.4 is 0 Å². The van der Waals surface area contributed by atoms with E-state index >= 15 is 0 Å². The molecule has 1 N–H and O–H groups in total. The average Bonchev–Trinajstić information content (AvgIpc) is 2.66. The predicted molar refractivity (Wildman–Crippen MR) is 63.6 cm³/mol. The Kier molecular flexibility index (Phi) is 1.86. The molecular formula is C13H12N2O. The number of rotatable bonds is 0. The van der Waals surface area contributed by atoms with Gasteiger partial charge >= 0.3 is 0 Å². The molecule has 2 aromatic rings. The van der Waals surface area contributed by atoms with Crippen LogP contribution in [0.5, 0.6) is 0 Å². The molecule has 1 aromatic carbocycles. The number of hydrogen-bond acceptors (Lipinski definition) is 1. The first-order valence-electron chi connectivity index (χ1n) is 5.31. The Balaban J connectivity index is 2.17. The molecular weight excluding hydrogens is 200 g/mol. The molecule has 0 saturated carbocycles. The summed E-state index contributed by atoms with van der Waals surface area (Å²) in [4.78, 5) is 16.4. The van der Waals surface area contributed by atoms with Crippen molar-refractivity contribution in [1.29, 1.82) is 0 Å². The van der Waals surface area contributed by atoms with Crippen molar-refractivity contribution in [3.05, 3.63) is 41.7 Å². The maximum absolute atomic E-state index is 11.3. The minimum Gasteiger partial charge on any atom is -0.355 e. The number of hydrogen-bond donors (Lipinski definition) is 1. The van der Waals surface area contributed by atoms with Crippen molar-refractivity contribution in [3.63, 3.8) is 0 Å². The summed E-state index contributed by atoms with van der Waals surface area (Å²) in [5.41, 5.74) is 3.44. The number of nitrogens with one attached hydrogen (secondary N) is 1. The van der Waals surface area contributed by atoms with Crippen molar-refractivity contribution >= 4 is 22.9 Å². The highest BCUT2D eigenvalue weighted by molar-refractivity contribution is 5.89. The predicted octanol–water partition coefficient (Wildman–Crippen LogP) is 2.50. The van der Waals surface area contributed by atoms with Gasteiger partial charge in [-0.2, -0.15) is 0 Å². The van der Waals surface area contributed by atoms with Gasteiger partial charge in [-0.15, -0.1) is 0 Å². The Bertz CT molecular complexity index is 595. The molecule has 0 bridgehead atoms. The number of benzene rings is 1. The van der Waals surface area contributed by atoms with E-state index in [-0.39, 0.29) is 5.91 Å². The van der Waals surface area contributed by atoms with E-state index in [0.29, 0.717) is 6.54 Å². The van der Waals surface area contributed by atoms with Gasteiger partial charge in [-0.1, -0.05) is 18.2 Å². The van der Waals surface area contributed by atoms with E-state index in [9.17, 15) is 4.79 Å². The van der Waals surface area contributed by atoms with Crippen LogP contribution in [-0.4, -0.2) is 15.8 Å². The highest BCUT2D eigenvalue weighted by Gasteiger charge is 2.17. The zero-order valence-electron chi connectivity index (χ0n) is 9.03. The molecule has 0 fully saturated rings. The summed E-state index contributed by atoms with van der Waals surface area (Å²) in [5.74, 6) is 0.0761. The first kappa shape index (κ1) is 9.21. The first-order chi connectivity index (χ1) is 7.75. The Labute approximate surface area is 93.4 Å². The molecule has 0 aliphatic carbocycles. The maximum Gasteiger partial charge on any atom is 0.223 e. The van der Waals surface area contributed by atoms with Crippen molar-refractivity contribution in [2.45, 2.75) is 13.5 Å². The monoisotopic (exact) mass is 212 g/mol. The van der Waals surface area contributed by atoms with Crippen molar-refractivity contribution in [1.82, 2.24) is 9.88 Å². The van der Waals surface area contributed by atoms with Gasteiger partial charge in [0.15, 0.2) is 0 Å². The average molecular weight is 212 g/mol. The van der Waals surface area contributed by atoms with Gasteiger partial charge in [0.2, 0.25) is 5.91 Å². The Morgan fingerprint density at radius 1 is 1.38 bits per heavy atom. The number of aromatic amines is 1. The summed E-state index contributed by atoms with van der Waals surface area (Å²) >= 11 is 0. The SMILES string of the molecule is CC(=O)N1C=Cc2[nH]c3ccccc3c2C1. The Morgan fingerprint density at radius 3 is 3.00 bits per heavy atom. The Hall–Kier alpha value is -2.03. The number of para-hydroxylation sites is 1. The van der Waals surface area contributed by atoms with Gasteiger partial charge in [0.1, 0.15) is 0 Å². The summed E-state index contributed by atoms with van der Waals surface area (Å²) < 4.78 is 0. The topological polar surface area (TPSA) is 36.1 Å². The second-order valence-corrected chi connectivity index (χ2v) is 4.03. The molecule has 1 aliphatic heterocycles. The van der Waals surface area contributed by atoms with Crippen LogP contribution in [-0.2, 0) is 11.3 Å². The van der Waals surface area contributed by atoms with Crippen LogP contribution in [0, 0.1) is 0 Å². The van der Waals surface area contributed by atoms with Gasteiger partial charge in [0.05, 0.1) is 6.54 Å². The minimum absolute atomic E-state index is 0.0761. The van der Waals surface area contributed by atoms with E-state index in [2.05, 4.69) is 17.1 Å². The third kappa shape index (κ3) is 1.25. The van der Waals surface area contributed by atoms with Crippen molar-refractivity contribution in [3.8, 4) is 0 Å². The molecule has 16 heavy (non-hydrogen) atoms. The molecule has 80 valence electrons. The van der Waals surface area contributed by atoms with Crippen LogP contribution in [0.15, 0.2) is 30.5 Å². The standard InChI is InChI=1S/C13H12N2O/c1-9(16)15-7-6-13-11(8-15)10-4-2-3-5-12(10)14-13/h2-7,14H,8H2,1H3. The third-order valence-electron chi connectivity index (χ3n) is 3.00. The lowest BCUT2D eigenvalue weighted by Gasteiger charge is -2.20. The minimum atomic E-state index is 0.0761. The molecule has 0 saturated heterocycles. The molecule has 0 radical (unpaired) electrons. The van der Waals surface area contributed by atoms with Gasteiger partial charge in [-0.3, -0.25) is 4.79 Å². The summed E-state index contributed by atoms with van der Waals surface area (Å²) in [6.45, 7) is 2.25. The second kappa shape index (κ2) is 3.23. The quantitative estimate of drug-likeness (QED) is 0.715. The number of fused-ring (bicyclic) bond motifs is 3. The van der Waals surface area contributed by atoms with Gasteiger partial charge in [-0.05, 0) is 12.1 Å². The highest BCUT2D eigenvalue weighted by Crippen LogP contribution is 2.27. The Morgan fingerprint density at radius 2 is 2.19 bits per heavy atom. The van der Waals surface area contributed by atoms with Gasteiger partial charge in [0, 0.05) is 35.3 Å². The largest absolute Gasteiger partial charge is 0.355 e. The fourth-order valence-corrected chi connectivity index (χ4v) is 2.14. The highest BCUT2D eigenvalue weighted by atomic mass is 16.2. The molecule has 0 spiro atoms. The van der Waals surface area contributed by atoms with Crippen LogP contribution >= 0.6 is 0 Å². The van der Waals surface area contributed by atoms with E-state index in [1.54, 1.807) is 11.8 Å². The fourth-order valence-electron chi connectivity index (χ4n) is 2.14. The summed E-state index contributed by atoms with van der Waals surface area (Å²) in [6, 6.07) is 8.17. The molecule has 1 amide bonds. The van der Waals surface area contributed by atoms with Crippen molar-refractivity contribution in [2.75, 3.05) is 0 Å². The summed E-state index contributed by atoms with van der Waals surface area (Å²) in [7, 11) is 0. The molecule has 1 aromatic heterocycles. The normalized spacial score (nSPS) is 14.2. The van der Waals surface area contributed by atoms with Crippen LogP contribution in [0.4, 0.5) is 0 Å². The molecule has 3 rings (SSSR count). The zero-order valence-corrected chi connectivity index (χ0v) is 9.03. The summed E-state index contributed by atoms with van der Waals surface area (Å²) in [6.07, 6.45) is 3.79. The number of H-pyrrole nitrogens is 1. The van der Waals surface area contributed by atoms with Crippen molar-refractivity contribution in [2.24, 2.45) is 0 Å². The number of carbonyl (C=O) groups is 1. The van der Waals surface area contributed by atoms with Crippen LogP contribution in [0.25, 0.3) is 17.0 Å². The number of nitrogens with zero attached hydrogens (tertiary/aromatic N) is 1. The summed E-state index contributed by atoms with van der Waals surface area (Å²) in [5, 5.41) is 1.20. The molecule has 0 atom stereocenters. The molecule has 3 nitrogen and oxygen atoms in total. The van der Waals surface area contributed by atoms with Gasteiger partial charge < -0.3 is 9.88 Å². The van der Waals surface area contributed by atoms with E-state index in [0.717, 1.165) is 11.2 Å². The fraction of sp³-hybridized carbons (Fsp3) is 0.154. The molecule has 3 heteroatoms. The van der Waals surface area contributed by atoms with E-state index in [1.807, 2.05) is 24.4 Å². The lowest BCUT2D eigenvalue weighted by atomic mass is 10.1. The number of carbonyl (C=O) groups excluding carboxylic acids is 1. The number of aromatic nitrogens is 1. The molecule has 2 heterocycles. The molecule has 1 aliphatic rings. The lowest BCUT2D eigenvalue weighted by Crippen LogP contribution is -2.24. The van der Waals surface area contributed by atoms with Crippen LogP contribution in [0.3, 0.4) is 0 Å². The lowest BCUT2D eigenvalue weighted by molar-refractivity contribution is -0.126. The van der Waals surface area contributed by atoms with Crippen molar-refractivity contribution < 1.29 is 4.79 Å². The number of amides is 1. The van der Waals surface area contributed by atoms with Gasteiger partial charge in [0.25, 0.3) is 0 Å². The maximum atomic E-state index is 11.3. The van der Waals surface area contributed by atoms with Gasteiger partial charge in [-0.25, -0.2) is 0 Å². The van der Waals surface area contributed by atoms with E-state index in [4.69, 9.17) is 0 Å².